The first-order chi connectivity index (χ1) is 8.09. The second-order valence-electron chi connectivity index (χ2n) is 5.09. The largest absolute Gasteiger partial charge is 0.491 e. The molecule has 3 nitrogen and oxygen atoms in total. The van der Waals surface area contributed by atoms with Gasteiger partial charge in [0.2, 0.25) is 0 Å². The van der Waals surface area contributed by atoms with Crippen LogP contribution < -0.4 is 10.5 Å². The van der Waals surface area contributed by atoms with Crippen LogP contribution in [0.5, 0.6) is 5.75 Å². The predicted molar refractivity (Wildman–Crippen MR) is 68.0 cm³/mol. The Balaban J connectivity index is 2.08. The minimum absolute atomic E-state index is 0.142. The Morgan fingerprint density at radius 3 is 2.94 bits per heavy atom. The molecule has 0 spiro atoms. The molecule has 1 aromatic rings. The van der Waals surface area contributed by atoms with Crippen molar-refractivity contribution in [3.8, 4) is 5.75 Å². The monoisotopic (exact) mass is 235 g/mol. The number of hydrogen-bond donors (Lipinski definition) is 2. The van der Waals surface area contributed by atoms with E-state index in [-0.39, 0.29) is 12.0 Å². The minimum atomic E-state index is -0.416. The number of aliphatic hydroxyl groups is 1. The highest BCUT2D eigenvalue weighted by atomic mass is 16.5. The maximum atomic E-state index is 9.74. The van der Waals surface area contributed by atoms with Crippen LogP contribution in [-0.4, -0.2) is 17.8 Å². The number of rotatable bonds is 4. The quantitative estimate of drug-likeness (QED) is 0.839. The van der Waals surface area contributed by atoms with Gasteiger partial charge in [0.05, 0.1) is 6.10 Å². The SMILES string of the molecule is CC(C)C(O)COc1cccc2c1CCC2N. The molecule has 17 heavy (non-hydrogen) atoms. The molecule has 0 amide bonds. The van der Waals surface area contributed by atoms with Gasteiger partial charge in [-0.2, -0.15) is 0 Å². The molecule has 1 aliphatic carbocycles. The van der Waals surface area contributed by atoms with Gasteiger partial charge in [-0.15, -0.1) is 0 Å². The predicted octanol–water partition coefficient (Wildman–Crippen LogP) is 2.03. The smallest absolute Gasteiger partial charge is 0.122 e. The van der Waals surface area contributed by atoms with Crippen molar-refractivity contribution < 1.29 is 9.84 Å². The number of nitrogens with two attached hydrogens (primary N) is 1. The number of benzene rings is 1. The fraction of sp³-hybridized carbons (Fsp3) is 0.571. The lowest BCUT2D eigenvalue weighted by molar-refractivity contribution is 0.0698. The first-order valence-corrected chi connectivity index (χ1v) is 6.28. The van der Waals surface area contributed by atoms with Crippen LogP contribution >= 0.6 is 0 Å². The molecule has 0 saturated carbocycles. The summed E-state index contributed by atoms with van der Waals surface area (Å²) in [5.74, 6) is 1.10. The standard InChI is InChI=1S/C14H21NO2/c1-9(2)13(16)8-17-14-5-3-4-10-11(14)6-7-12(10)15/h3-5,9,12-13,16H,6-8,15H2,1-2H3. The molecule has 0 bridgehead atoms. The van der Waals surface area contributed by atoms with Crippen LogP contribution in [0.25, 0.3) is 0 Å². The van der Waals surface area contributed by atoms with E-state index in [1.807, 2.05) is 26.0 Å². The normalized spacial score (nSPS) is 20.4. The molecule has 3 N–H and O–H groups in total. The van der Waals surface area contributed by atoms with Crippen LogP contribution in [0.15, 0.2) is 18.2 Å². The summed E-state index contributed by atoms with van der Waals surface area (Å²) in [5.41, 5.74) is 8.43. The molecule has 0 heterocycles. The lowest BCUT2D eigenvalue weighted by atomic mass is 10.1. The summed E-state index contributed by atoms with van der Waals surface area (Å²) in [6.45, 7) is 4.32. The number of hydrogen-bond acceptors (Lipinski definition) is 3. The van der Waals surface area contributed by atoms with Gasteiger partial charge in [0, 0.05) is 6.04 Å². The second kappa shape index (κ2) is 5.07. The third-order valence-corrected chi connectivity index (χ3v) is 3.45. The van der Waals surface area contributed by atoms with Crippen molar-refractivity contribution in [1.82, 2.24) is 0 Å². The third kappa shape index (κ3) is 2.61. The van der Waals surface area contributed by atoms with Gasteiger partial charge < -0.3 is 15.6 Å². The Hall–Kier alpha value is -1.06. The molecular weight excluding hydrogens is 214 g/mol. The second-order valence-corrected chi connectivity index (χ2v) is 5.09. The topological polar surface area (TPSA) is 55.5 Å². The molecule has 0 saturated heterocycles. The number of fused-ring (bicyclic) bond motifs is 1. The zero-order chi connectivity index (χ0) is 12.4. The third-order valence-electron chi connectivity index (χ3n) is 3.45. The van der Waals surface area contributed by atoms with Crippen LogP contribution in [0.1, 0.15) is 37.4 Å². The fourth-order valence-electron chi connectivity index (χ4n) is 2.16. The molecule has 1 aliphatic rings. The van der Waals surface area contributed by atoms with Crippen molar-refractivity contribution in [2.45, 2.75) is 38.8 Å². The van der Waals surface area contributed by atoms with Gasteiger partial charge in [0.1, 0.15) is 12.4 Å². The van der Waals surface area contributed by atoms with Crippen molar-refractivity contribution >= 4 is 0 Å². The summed E-state index contributed by atoms with van der Waals surface area (Å²) in [7, 11) is 0. The molecule has 2 rings (SSSR count). The Morgan fingerprint density at radius 2 is 2.24 bits per heavy atom. The van der Waals surface area contributed by atoms with E-state index < -0.39 is 6.10 Å². The highest BCUT2D eigenvalue weighted by Crippen LogP contribution is 2.35. The first kappa shape index (κ1) is 12.4. The Kier molecular flexibility index (Phi) is 3.69. The molecular formula is C14H21NO2. The Labute approximate surface area is 103 Å². The summed E-state index contributed by atoms with van der Waals surface area (Å²) in [4.78, 5) is 0. The summed E-state index contributed by atoms with van der Waals surface area (Å²) >= 11 is 0. The van der Waals surface area contributed by atoms with E-state index in [9.17, 15) is 5.11 Å². The van der Waals surface area contributed by atoms with E-state index in [1.54, 1.807) is 0 Å². The summed E-state index contributed by atoms with van der Waals surface area (Å²) < 4.78 is 5.71. The molecule has 94 valence electrons. The molecule has 3 heteroatoms. The van der Waals surface area contributed by atoms with E-state index in [1.165, 1.54) is 11.1 Å². The highest BCUT2D eigenvalue weighted by Gasteiger charge is 2.22. The van der Waals surface area contributed by atoms with E-state index >= 15 is 0 Å². The van der Waals surface area contributed by atoms with Crippen LogP contribution in [0.2, 0.25) is 0 Å². The maximum absolute atomic E-state index is 9.74. The van der Waals surface area contributed by atoms with Gasteiger partial charge in [-0.05, 0) is 36.0 Å². The average Bonchev–Trinajstić information content (AvgIpc) is 2.69. The Morgan fingerprint density at radius 1 is 1.47 bits per heavy atom. The minimum Gasteiger partial charge on any atom is -0.491 e. The summed E-state index contributed by atoms with van der Waals surface area (Å²) in [6, 6.07) is 6.15. The number of ether oxygens (including phenoxy) is 1. The van der Waals surface area contributed by atoms with Gasteiger partial charge in [0.25, 0.3) is 0 Å². The molecule has 0 fully saturated rings. The lowest BCUT2D eigenvalue weighted by Crippen LogP contribution is -2.23. The van der Waals surface area contributed by atoms with Crippen molar-refractivity contribution in [2.24, 2.45) is 11.7 Å². The van der Waals surface area contributed by atoms with Gasteiger partial charge in [-0.1, -0.05) is 26.0 Å². The van der Waals surface area contributed by atoms with E-state index in [0.29, 0.717) is 6.61 Å². The van der Waals surface area contributed by atoms with Crippen molar-refractivity contribution in [2.75, 3.05) is 6.61 Å². The van der Waals surface area contributed by atoms with E-state index in [0.717, 1.165) is 18.6 Å². The van der Waals surface area contributed by atoms with Crippen molar-refractivity contribution in [3.05, 3.63) is 29.3 Å². The number of aliphatic hydroxyl groups excluding tert-OH is 1. The van der Waals surface area contributed by atoms with Gasteiger partial charge in [-0.25, -0.2) is 0 Å². The summed E-state index contributed by atoms with van der Waals surface area (Å²) in [6.07, 6.45) is 1.55. The molecule has 2 unspecified atom stereocenters. The van der Waals surface area contributed by atoms with Crippen molar-refractivity contribution in [1.29, 1.82) is 0 Å². The molecule has 0 aromatic heterocycles. The van der Waals surface area contributed by atoms with E-state index in [2.05, 4.69) is 6.07 Å². The summed E-state index contributed by atoms with van der Waals surface area (Å²) in [5, 5.41) is 9.74. The molecule has 2 atom stereocenters. The first-order valence-electron chi connectivity index (χ1n) is 6.28. The molecule has 0 radical (unpaired) electrons. The molecule has 1 aromatic carbocycles. The lowest BCUT2D eigenvalue weighted by Gasteiger charge is -2.17. The zero-order valence-corrected chi connectivity index (χ0v) is 10.5. The zero-order valence-electron chi connectivity index (χ0n) is 10.5. The van der Waals surface area contributed by atoms with Crippen LogP contribution in [0, 0.1) is 5.92 Å². The van der Waals surface area contributed by atoms with Crippen LogP contribution in [0.4, 0.5) is 0 Å². The van der Waals surface area contributed by atoms with Crippen LogP contribution in [-0.2, 0) is 6.42 Å². The van der Waals surface area contributed by atoms with Gasteiger partial charge >= 0.3 is 0 Å². The average molecular weight is 235 g/mol. The van der Waals surface area contributed by atoms with Crippen molar-refractivity contribution in [3.63, 3.8) is 0 Å². The fourth-order valence-corrected chi connectivity index (χ4v) is 2.16. The maximum Gasteiger partial charge on any atom is 0.122 e. The van der Waals surface area contributed by atoms with Gasteiger partial charge in [-0.3, -0.25) is 0 Å². The van der Waals surface area contributed by atoms with Crippen LogP contribution in [0.3, 0.4) is 0 Å². The van der Waals surface area contributed by atoms with Gasteiger partial charge in [0.15, 0.2) is 0 Å². The van der Waals surface area contributed by atoms with E-state index in [4.69, 9.17) is 10.5 Å². The highest BCUT2D eigenvalue weighted by molar-refractivity contribution is 5.44. The molecule has 0 aliphatic heterocycles. The Bertz CT molecular complexity index is 390.